The highest BCUT2D eigenvalue weighted by Gasteiger charge is 2.29. The Morgan fingerprint density at radius 3 is 2.33 bits per heavy atom. The lowest BCUT2D eigenvalue weighted by molar-refractivity contribution is 0.288. The van der Waals surface area contributed by atoms with Gasteiger partial charge in [-0.15, -0.1) is 0 Å². The van der Waals surface area contributed by atoms with Gasteiger partial charge in [0.1, 0.15) is 11.6 Å². The Bertz CT molecular complexity index is 1510. The zero-order valence-corrected chi connectivity index (χ0v) is 21.9. The van der Waals surface area contributed by atoms with E-state index in [1.54, 1.807) is 61.1 Å². The molecule has 0 spiro atoms. The SMILES string of the molecule is Nc1cnccc1CNC1CCN(S(=O)(=O)c2ccc(Nc3nccc(Nc4ccc(F)cc4)n3)cc2)CC1. The molecule has 1 fully saturated rings. The molecule has 0 amide bonds. The minimum Gasteiger partial charge on any atom is -0.397 e. The molecule has 0 radical (unpaired) electrons. The highest BCUT2D eigenvalue weighted by atomic mass is 32.2. The molecule has 2 aromatic carbocycles. The van der Waals surface area contributed by atoms with Gasteiger partial charge in [0, 0.05) is 49.4 Å². The first-order valence-electron chi connectivity index (χ1n) is 12.5. The second-order valence-corrected chi connectivity index (χ2v) is 11.1. The van der Waals surface area contributed by atoms with Crippen molar-refractivity contribution in [2.75, 3.05) is 29.5 Å². The molecule has 2 aromatic heterocycles. The number of nitrogens with zero attached hydrogens (tertiary/aromatic N) is 4. The standard InChI is InChI=1S/C27H29FN8O2S/c28-20-1-3-22(4-2-20)33-26-10-14-31-27(35-26)34-23-5-7-24(8-6-23)39(37,38)36-15-11-21(12-16-36)32-17-19-9-13-30-18-25(19)29/h1-10,13-14,18,21,32H,11-12,15-17,29H2,(H2,31,33,34,35). The number of hydrogen-bond acceptors (Lipinski definition) is 9. The van der Waals surface area contributed by atoms with Crippen molar-refractivity contribution in [1.82, 2.24) is 24.6 Å². The van der Waals surface area contributed by atoms with Crippen LogP contribution in [0.2, 0.25) is 0 Å². The molecule has 0 aliphatic carbocycles. The van der Waals surface area contributed by atoms with Crippen molar-refractivity contribution in [2.24, 2.45) is 0 Å². The molecule has 10 nitrogen and oxygen atoms in total. The summed E-state index contributed by atoms with van der Waals surface area (Å²) in [5.74, 6) is 0.543. The van der Waals surface area contributed by atoms with E-state index in [9.17, 15) is 12.8 Å². The monoisotopic (exact) mass is 548 g/mol. The van der Waals surface area contributed by atoms with Crippen LogP contribution in [0.3, 0.4) is 0 Å². The summed E-state index contributed by atoms with van der Waals surface area (Å²) in [5, 5.41) is 9.64. The Morgan fingerprint density at radius 2 is 1.62 bits per heavy atom. The quantitative estimate of drug-likeness (QED) is 0.244. The van der Waals surface area contributed by atoms with E-state index in [0.29, 0.717) is 61.3 Å². The van der Waals surface area contributed by atoms with E-state index < -0.39 is 10.0 Å². The summed E-state index contributed by atoms with van der Waals surface area (Å²) in [6.45, 7) is 1.50. The second-order valence-electron chi connectivity index (χ2n) is 9.18. The second kappa shape index (κ2) is 11.7. The minimum atomic E-state index is -3.61. The summed E-state index contributed by atoms with van der Waals surface area (Å²) >= 11 is 0. The maximum atomic E-state index is 13.2. The molecule has 3 heterocycles. The summed E-state index contributed by atoms with van der Waals surface area (Å²) in [6.07, 6.45) is 6.35. The number of hydrogen-bond donors (Lipinski definition) is 4. The van der Waals surface area contributed by atoms with Crippen molar-refractivity contribution in [3.8, 4) is 0 Å². The van der Waals surface area contributed by atoms with Gasteiger partial charge in [0.15, 0.2) is 0 Å². The van der Waals surface area contributed by atoms with Crippen LogP contribution in [0.4, 0.5) is 33.2 Å². The first-order valence-corrected chi connectivity index (χ1v) is 14.0. The van der Waals surface area contributed by atoms with E-state index >= 15 is 0 Å². The van der Waals surface area contributed by atoms with Gasteiger partial charge in [-0.25, -0.2) is 17.8 Å². The lowest BCUT2D eigenvalue weighted by Crippen LogP contribution is -2.44. The molecule has 0 bridgehead atoms. The number of pyridine rings is 1. The number of piperidine rings is 1. The predicted molar refractivity (Wildman–Crippen MR) is 149 cm³/mol. The number of nitrogens with two attached hydrogens (primary N) is 1. The van der Waals surface area contributed by atoms with Crippen LogP contribution < -0.4 is 21.7 Å². The van der Waals surface area contributed by atoms with Crippen molar-refractivity contribution < 1.29 is 12.8 Å². The van der Waals surface area contributed by atoms with Gasteiger partial charge in [-0.05, 0) is 79.1 Å². The molecule has 1 aliphatic heterocycles. The smallest absolute Gasteiger partial charge is 0.243 e. The van der Waals surface area contributed by atoms with Crippen LogP contribution in [0.1, 0.15) is 18.4 Å². The number of nitrogen functional groups attached to an aromatic ring is 1. The van der Waals surface area contributed by atoms with Crippen LogP contribution >= 0.6 is 0 Å². The Kier molecular flexibility index (Phi) is 7.96. The molecule has 4 aromatic rings. The average Bonchev–Trinajstić information content (AvgIpc) is 2.95. The Balaban J connectivity index is 1.16. The molecule has 39 heavy (non-hydrogen) atoms. The number of halogens is 1. The van der Waals surface area contributed by atoms with E-state index in [1.165, 1.54) is 16.4 Å². The fourth-order valence-electron chi connectivity index (χ4n) is 4.31. The molecule has 1 saturated heterocycles. The summed E-state index contributed by atoms with van der Waals surface area (Å²) in [5.41, 5.74) is 8.92. The van der Waals surface area contributed by atoms with Gasteiger partial charge in [0.25, 0.3) is 0 Å². The van der Waals surface area contributed by atoms with E-state index in [1.807, 2.05) is 6.07 Å². The van der Waals surface area contributed by atoms with Crippen molar-refractivity contribution in [3.63, 3.8) is 0 Å². The fraction of sp³-hybridized carbons (Fsp3) is 0.222. The Hall–Kier alpha value is -4.13. The molecule has 12 heteroatoms. The third-order valence-electron chi connectivity index (χ3n) is 6.50. The highest BCUT2D eigenvalue weighted by molar-refractivity contribution is 7.89. The summed E-state index contributed by atoms with van der Waals surface area (Å²) in [6, 6.07) is 16.3. The number of nitrogens with one attached hydrogen (secondary N) is 3. The maximum absolute atomic E-state index is 13.2. The molecular weight excluding hydrogens is 519 g/mol. The van der Waals surface area contributed by atoms with Gasteiger partial charge in [-0.2, -0.15) is 9.29 Å². The Labute approximate surface area is 226 Å². The molecular formula is C27H29FN8O2S. The van der Waals surface area contributed by atoms with Gasteiger partial charge in [-0.1, -0.05) is 0 Å². The first-order chi connectivity index (χ1) is 18.9. The lowest BCUT2D eigenvalue weighted by atomic mass is 10.1. The fourth-order valence-corrected chi connectivity index (χ4v) is 5.78. The Morgan fingerprint density at radius 1 is 0.923 bits per heavy atom. The van der Waals surface area contributed by atoms with Crippen molar-refractivity contribution >= 4 is 38.9 Å². The number of rotatable bonds is 9. The van der Waals surface area contributed by atoms with Gasteiger partial charge in [0.2, 0.25) is 16.0 Å². The number of aromatic nitrogens is 3. The first kappa shape index (κ1) is 26.5. The lowest BCUT2D eigenvalue weighted by Gasteiger charge is -2.31. The van der Waals surface area contributed by atoms with Gasteiger partial charge in [0.05, 0.1) is 16.8 Å². The van der Waals surface area contributed by atoms with Crippen molar-refractivity contribution in [3.05, 3.63) is 90.6 Å². The van der Waals surface area contributed by atoms with Gasteiger partial charge < -0.3 is 21.7 Å². The van der Waals surface area contributed by atoms with Gasteiger partial charge >= 0.3 is 0 Å². The van der Waals surface area contributed by atoms with Crippen LogP contribution in [-0.4, -0.2) is 46.8 Å². The van der Waals surface area contributed by atoms with E-state index in [4.69, 9.17) is 5.73 Å². The normalized spacial score (nSPS) is 14.7. The van der Waals surface area contributed by atoms with Crippen LogP contribution in [0.15, 0.2) is 84.1 Å². The number of benzene rings is 2. The largest absolute Gasteiger partial charge is 0.397 e. The van der Waals surface area contributed by atoms with Crippen LogP contribution in [0, 0.1) is 5.82 Å². The van der Waals surface area contributed by atoms with Crippen molar-refractivity contribution in [1.29, 1.82) is 0 Å². The average molecular weight is 549 g/mol. The van der Waals surface area contributed by atoms with Crippen LogP contribution in [0.25, 0.3) is 0 Å². The highest BCUT2D eigenvalue weighted by Crippen LogP contribution is 2.24. The molecule has 5 rings (SSSR count). The summed E-state index contributed by atoms with van der Waals surface area (Å²) < 4.78 is 41.1. The number of sulfonamides is 1. The van der Waals surface area contributed by atoms with E-state index in [-0.39, 0.29) is 16.8 Å². The van der Waals surface area contributed by atoms with E-state index in [0.717, 1.165) is 5.56 Å². The summed E-state index contributed by atoms with van der Waals surface area (Å²) in [7, 11) is -3.61. The molecule has 0 saturated carbocycles. The molecule has 0 atom stereocenters. The zero-order chi connectivity index (χ0) is 27.2. The molecule has 5 N–H and O–H groups in total. The molecule has 0 unspecified atom stereocenters. The maximum Gasteiger partial charge on any atom is 0.243 e. The molecule has 1 aliphatic rings. The van der Waals surface area contributed by atoms with Crippen LogP contribution in [-0.2, 0) is 16.6 Å². The third kappa shape index (κ3) is 6.66. The van der Waals surface area contributed by atoms with Crippen LogP contribution in [0.5, 0.6) is 0 Å². The third-order valence-corrected chi connectivity index (χ3v) is 8.41. The predicted octanol–water partition coefficient (Wildman–Crippen LogP) is 4.02. The zero-order valence-electron chi connectivity index (χ0n) is 21.1. The van der Waals surface area contributed by atoms with Gasteiger partial charge in [-0.3, -0.25) is 4.98 Å². The minimum absolute atomic E-state index is 0.212. The topological polar surface area (TPSA) is 138 Å². The number of anilines is 5. The molecule has 202 valence electrons. The van der Waals surface area contributed by atoms with Crippen molar-refractivity contribution in [2.45, 2.75) is 30.3 Å². The summed E-state index contributed by atoms with van der Waals surface area (Å²) in [4.78, 5) is 12.9. The van der Waals surface area contributed by atoms with E-state index in [2.05, 4.69) is 30.9 Å².